The van der Waals surface area contributed by atoms with Crippen molar-refractivity contribution in [1.82, 2.24) is 4.98 Å². The molecule has 2 aromatic carbocycles. The zero-order valence-corrected chi connectivity index (χ0v) is 15.7. The number of amides is 1. The van der Waals surface area contributed by atoms with Crippen LogP contribution in [0.2, 0.25) is 0 Å². The Labute approximate surface area is 161 Å². The fourth-order valence-corrected chi connectivity index (χ4v) is 3.87. The Hall–Kier alpha value is -2.73. The maximum absolute atomic E-state index is 13.4. The molecule has 4 nitrogen and oxygen atoms in total. The van der Waals surface area contributed by atoms with Crippen LogP contribution in [0.4, 0.5) is 10.1 Å². The summed E-state index contributed by atoms with van der Waals surface area (Å²) in [6, 6.07) is 13.8. The molecule has 1 aliphatic heterocycles. The first-order valence-electron chi connectivity index (χ1n) is 8.79. The number of thiazole rings is 1. The fourth-order valence-electron chi connectivity index (χ4n) is 3.27. The average molecular weight is 382 g/mol. The summed E-state index contributed by atoms with van der Waals surface area (Å²) < 4.78 is 19.2. The lowest BCUT2D eigenvalue weighted by atomic mass is 9.95. The molecule has 6 heteroatoms. The molecule has 1 unspecified atom stereocenters. The first-order chi connectivity index (χ1) is 13.1. The van der Waals surface area contributed by atoms with Crippen molar-refractivity contribution in [2.24, 2.45) is 5.92 Å². The van der Waals surface area contributed by atoms with Crippen molar-refractivity contribution in [2.75, 3.05) is 11.5 Å². The number of para-hydroxylation sites is 1. The van der Waals surface area contributed by atoms with Crippen molar-refractivity contribution in [1.29, 1.82) is 0 Å². The van der Waals surface area contributed by atoms with Crippen LogP contribution in [0.15, 0.2) is 53.9 Å². The molecule has 0 saturated heterocycles. The minimum absolute atomic E-state index is 0.0400. The fraction of sp³-hybridized carbons (Fsp3) is 0.238. The largest absolute Gasteiger partial charge is 0.492 e. The Bertz CT molecular complexity index is 955. The first kappa shape index (κ1) is 17.7. The van der Waals surface area contributed by atoms with E-state index in [9.17, 15) is 9.18 Å². The van der Waals surface area contributed by atoms with Crippen LogP contribution in [0.5, 0.6) is 5.75 Å². The van der Waals surface area contributed by atoms with Crippen LogP contribution in [-0.4, -0.2) is 17.5 Å². The summed E-state index contributed by atoms with van der Waals surface area (Å²) >= 11 is 1.55. The van der Waals surface area contributed by atoms with E-state index in [4.69, 9.17) is 4.74 Å². The van der Waals surface area contributed by atoms with Crippen LogP contribution in [0.1, 0.15) is 16.3 Å². The topological polar surface area (TPSA) is 42.4 Å². The third kappa shape index (κ3) is 3.85. The van der Waals surface area contributed by atoms with E-state index < -0.39 is 0 Å². The summed E-state index contributed by atoms with van der Waals surface area (Å²) in [5, 5.41) is 2.90. The molecule has 0 spiro atoms. The number of halogens is 1. The highest BCUT2D eigenvalue weighted by atomic mass is 32.1. The number of anilines is 1. The lowest BCUT2D eigenvalue weighted by Gasteiger charge is -2.30. The Balaban J connectivity index is 1.61. The van der Waals surface area contributed by atoms with Gasteiger partial charge in [-0.1, -0.05) is 18.2 Å². The quantitative estimate of drug-likeness (QED) is 0.673. The highest BCUT2D eigenvalue weighted by molar-refractivity contribution is 7.09. The van der Waals surface area contributed by atoms with E-state index in [1.165, 1.54) is 12.1 Å². The van der Waals surface area contributed by atoms with Gasteiger partial charge in [-0.15, -0.1) is 11.3 Å². The predicted octanol–water partition coefficient (Wildman–Crippen LogP) is 4.38. The number of nitrogens with zero attached hydrogens (tertiary/aromatic N) is 2. The standard InChI is InChI=1S/C21H19FN2O2S/c1-14-23-18(13-27-14)11-24(19-8-6-17(22)7-9-19)21(25)16-10-15-4-2-3-5-20(15)26-12-16/h2-9,13,16H,10-12H2,1H3. The summed E-state index contributed by atoms with van der Waals surface area (Å²) in [4.78, 5) is 19.5. The summed E-state index contributed by atoms with van der Waals surface area (Å²) in [7, 11) is 0. The maximum Gasteiger partial charge on any atom is 0.234 e. The maximum atomic E-state index is 13.4. The predicted molar refractivity (Wildman–Crippen MR) is 104 cm³/mol. The molecule has 27 heavy (non-hydrogen) atoms. The molecule has 4 rings (SSSR count). The second-order valence-electron chi connectivity index (χ2n) is 6.58. The number of benzene rings is 2. The van der Waals surface area contributed by atoms with Gasteiger partial charge in [0, 0.05) is 11.1 Å². The minimum atomic E-state index is -0.328. The van der Waals surface area contributed by atoms with E-state index in [0.717, 1.165) is 22.0 Å². The Kier molecular flexibility index (Phi) is 4.90. The molecule has 0 fully saturated rings. The number of rotatable bonds is 4. The third-order valence-electron chi connectivity index (χ3n) is 4.62. The zero-order valence-electron chi connectivity index (χ0n) is 14.9. The van der Waals surface area contributed by atoms with Gasteiger partial charge in [-0.2, -0.15) is 0 Å². The molecule has 0 aliphatic carbocycles. The summed E-state index contributed by atoms with van der Waals surface area (Å²) in [6.45, 7) is 2.63. The van der Waals surface area contributed by atoms with Crippen molar-refractivity contribution >= 4 is 22.9 Å². The smallest absolute Gasteiger partial charge is 0.234 e. The number of carbonyl (C=O) groups is 1. The van der Waals surface area contributed by atoms with Gasteiger partial charge >= 0.3 is 0 Å². The van der Waals surface area contributed by atoms with Crippen molar-refractivity contribution in [3.05, 3.63) is 76.0 Å². The normalized spacial score (nSPS) is 15.7. The molecule has 0 radical (unpaired) electrons. The minimum Gasteiger partial charge on any atom is -0.492 e. The Morgan fingerprint density at radius 2 is 2.04 bits per heavy atom. The average Bonchev–Trinajstić information content (AvgIpc) is 3.11. The van der Waals surface area contributed by atoms with Crippen molar-refractivity contribution < 1.29 is 13.9 Å². The molecule has 1 amide bonds. The van der Waals surface area contributed by atoms with Gasteiger partial charge in [-0.3, -0.25) is 4.79 Å². The molecule has 2 heterocycles. The van der Waals surface area contributed by atoms with Gasteiger partial charge < -0.3 is 9.64 Å². The molecular weight excluding hydrogens is 363 g/mol. The molecular formula is C21H19FN2O2S. The molecule has 0 saturated carbocycles. The number of carbonyl (C=O) groups excluding carboxylic acids is 1. The second kappa shape index (κ2) is 7.48. The number of aryl methyl sites for hydroxylation is 1. The molecule has 1 aliphatic rings. The summed E-state index contributed by atoms with van der Waals surface area (Å²) in [6.07, 6.45) is 0.628. The Morgan fingerprint density at radius 1 is 1.26 bits per heavy atom. The number of aromatic nitrogens is 1. The van der Waals surface area contributed by atoms with E-state index in [1.54, 1.807) is 28.4 Å². The lowest BCUT2D eigenvalue weighted by molar-refractivity contribution is -0.123. The van der Waals surface area contributed by atoms with E-state index in [2.05, 4.69) is 4.98 Å². The molecule has 0 N–H and O–H groups in total. The molecule has 1 atom stereocenters. The van der Waals surface area contributed by atoms with E-state index in [0.29, 0.717) is 25.3 Å². The van der Waals surface area contributed by atoms with E-state index in [1.807, 2.05) is 36.6 Å². The van der Waals surface area contributed by atoms with Gasteiger partial charge in [-0.05, 0) is 49.2 Å². The number of ether oxygens (including phenoxy) is 1. The van der Waals surface area contributed by atoms with Gasteiger partial charge in [0.2, 0.25) is 5.91 Å². The monoisotopic (exact) mass is 382 g/mol. The van der Waals surface area contributed by atoms with Crippen LogP contribution in [0, 0.1) is 18.7 Å². The van der Waals surface area contributed by atoms with Crippen LogP contribution >= 0.6 is 11.3 Å². The van der Waals surface area contributed by atoms with Gasteiger partial charge in [0.25, 0.3) is 0 Å². The van der Waals surface area contributed by atoms with Crippen LogP contribution in [0.25, 0.3) is 0 Å². The summed E-state index contributed by atoms with van der Waals surface area (Å²) in [5.41, 5.74) is 2.52. The van der Waals surface area contributed by atoms with E-state index >= 15 is 0 Å². The van der Waals surface area contributed by atoms with Gasteiger partial charge in [-0.25, -0.2) is 9.37 Å². The highest BCUT2D eigenvalue weighted by Crippen LogP contribution is 2.29. The number of fused-ring (bicyclic) bond motifs is 1. The zero-order chi connectivity index (χ0) is 18.8. The Morgan fingerprint density at radius 3 is 2.78 bits per heavy atom. The van der Waals surface area contributed by atoms with Gasteiger partial charge in [0.05, 0.1) is 23.2 Å². The van der Waals surface area contributed by atoms with Crippen LogP contribution in [-0.2, 0) is 17.8 Å². The second-order valence-corrected chi connectivity index (χ2v) is 7.64. The highest BCUT2D eigenvalue weighted by Gasteiger charge is 2.30. The molecule has 1 aromatic heterocycles. The molecule has 0 bridgehead atoms. The summed E-state index contributed by atoms with van der Waals surface area (Å²) in [5.74, 6) is 0.182. The number of hydrogen-bond acceptors (Lipinski definition) is 4. The third-order valence-corrected chi connectivity index (χ3v) is 5.44. The first-order valence-corrected chi connectivity index (χ1v) is 9.67. The SMILES string of the molecule is Cc1nc(CN(C(=O)C2COc3ccccc3C2)c2ccc(F)cc2)cs1. The van der Waals surface area contributed by atoms with Crippen molar-refractivity contribution in [3.63, 3.8) is 0 Å². The number of hydrogen-bond donors (Lipinski definition) is 0. The van der Waals surface area contributed by atoms with E-state index in [-0.39, 0.29) is 17.6 Å². The van der Waals surface area contributed by atoms with Crippen LogP contribution < -0.4 is 9.64 Å². The van der Waals surface area contributed by atoms with Crippen molar-refractivity contribution in [3.8, 4) is 5.75 Å². The lowest BCUT2D eigenvalue weighted by Crippen LogP contribution is -2.40. The van der Waals surface area contributed by atoms with Gasteiger partial charge in [0.15, 0.2) is 0 Å². The van der Waals surface area contributed by atoms with Crippen LogP contribution in [0.3, 0.4) is 0 Å². The molecule has 138 valence electrons. The molecule has 3 aromatic rings. The van der Waals surface area contributed by atoms with Gasteiger partial charge in [0.1, 0.15) is 18.2 Å². The van der Waals surface area contributed by atoms with Crippen molar-refractivity contribution in [2.45, 2.75) is 19.9 Å².